The summed E-state index contributed by atoms with van der Waals surface area (Å²) >= 11 is 0. The third kappa shape index (κ3) is 10.6. The molecule has 0 saturated carbocycles. The Balaban J connectivity index is 1.84. The van der Waals surface area contributed by atoms with Gasteiger partial charge in [-0.2, -0.15) is 0 Å². The van der Waals surface area contributed by atoms with Gasteiger partial charge in [-0.1, -0.05) is 57.6 Å². The monoisotopic (exact) mass is 372 g/mol. The summed E-state index contributed by atoms with van der Waals surface area (Å²) in [5.74, 6) is 0. The van der Waals surface area contributed by atoms with Crippen LogP contribution in [-0.4, -0.2) is 59.6 Å². The molecule has 4 atom stereocenters. The van der Waals surface area contributed by atoms with Crippen LogP contribution in [0, 0.1) is 0 Å². The van der Waals surface area contributed by atoms with Gasteiger partial charge in [-0.3, -0.25) is 0 Å². The van der Waals surface area contributed by atoms with Crippen LogP contribution in [0.25, 0.3) is 0 Å². The van der Waals surface area contributed by atoms with Crippen LogP contribution in [-0.2, 0) is 9.47 Å². The standard InChI is InChI=1S/C21H40O5/c1-2-3-4-5-6-7-8-9-10-11-12-13-14-15-25-17-19-21(24)20(23)18(22)16-26-19/h6-7,18-24H,2-5,8-17H2,1H3/b7-6+/t18-,19+,20+,21+/m1/s1. The van der Waals surface area contributed by atoms with E-state index in [0.717, 1.165) is 12.8 Å². The molecule has 1 saturated heterocycles. The van der Waals surface area contributed by atoms with E-state index < -0.39 is 24.4 Å². The van der Waals surface area contributed by atoms with Crippen molar-refractivity contribution >= 4 is 0 Å². The maximum atomic E-state index is 9.80. The summed E-state index contributed by atoms with van der Waals surface area (Å²) in [6.07, 6.45) is 14.5. The summed E-state index contributed by atoms with van der Waals surface area (Å²) in [5.41, 5.74) is 0. The van der Waals surface area contributed by atoms with Crippen LogP contribution in [0.15, 0.2) is 12.2 Å². The fourth-order valence-electron chi connectivity index (χ4n) is 3.13. The molecule has 0 unspecified atom stereocenters. The molecule has 0 bridgehead atoms. The van der Waals surface area contributed by atoms with Crippen molar-refractivity contribution < 1.29 is 24.8 Å². The van der Waals surface area contributed by atoms with Gasteiger partial charge in [0.05, 0.1) is 13.2 Å². The van der Waals surface area contributed by atoms with Crippen molar-refractivity contribution in [2.75, 3.05) is 19.8 Å². The highest BCUT2D eigenvalue weighted by Crippen LogP contribution is 2.16. The van der Waals surface area contributed by atoms with E-state index in [4.69, 9.17) is 9.47 Å². The van der Waals surface area contributed by atoms with Crippen LogP contribution < -0.4 is 0 Å². The number of hydrogen-bond acceptors (Lipinski definition) is 5. The molecular weight excluding hydrogens is 332 g/mol. The first-order valence-corrected chi connectivity index (χ1v) is 10.5. The minimum atomic E-state index is -1.15. The van der Waals surface area contributed by atoms with Gasteiger partial charge in [-0.05, 0) is 32.1 Å². The van der Waals surface area contributed by atoms with Crippen LogP contribution in [0.2, 0.25) is 0 Å². The molecule has 3 N–H and O–H groups in total. The van der Waals surface area contributed by atoms with E-state index in [1.165, 1.54) is 57.8 Å². The minimum Gasteiger partial charge on any atom is -0.388 e. The van der Waals surface area contributed by atoms with Crippen molar-refractivity contribution in [2.45, 2.75) is 102 Å². The molecule has 1 aliphatic rings. The Morgan fingerprint density at radius 2 is 1.46 bits per heavy atom. The molecule has 5 heteroatoms. The van der Waals surface area contributed by atoms with Gasteiger partial charge < -0.3 is 24.8 Å². The lowest BCUT2D eigenvalue weighted by Crippen LogP contribution is -2.54. The van der Waals surface area contributed by atoms with Gasteiger partial charge in [0.25, 0.3) is 0 Å². The second-order valence-electron chi connectivity index (χ2n) is 7.37. The Bertz CT molecular complexity index is 347. The molecule has 154 valence electrons. The minimum absolute atomic E-state index is 0.0418. The summed E-state index contributed by atoms with van der Waals surface area (Å²) in [5, 5.41) is 28.8. The average molecular weight is 373 g/mol. The summed E-state index contributed by atoms with van der Waals surface area (Å²) in [4.78, 5) is 0. The van der Waals surface area contributed by atoms with Crippen LogP contribution in [0.1, 0.15) is 77.6 Å². The highest BCUT2D eigenvalue weighted by Gasteiger charge is 2.37. The number of aliphatic hydroxyl groups excluding tert-OH is 3. The highest BCUT2D eigenvalue weighted by atomic mass is 16.6. The van der Waals surface area contributed by atoms with E-state index in [-0.39, 0.29) is 13.2 Å². The van der Waals surface area contributed by atoms with E-state index in [1.54, 1.807) is 0 Å². The van der Waals surface area contributed by atoms with Crippen LogP contribution in [0.3, 0.4) is 0 Å². The zero-order chi connectivity index (χ0) is 19.0. The van der Waals surface area contributed by atoms with Gasteiger partial charge in [0.2, 0.25) is 0 Å². The normalized spacial score (nSPS) is 26.6. The topological polar surface area (TPSA) is 79.2 Å². The van der Waals surface area contributed by atoms with Crippen molar-refractivity contribution in [2.24, 2.45) is 0 Å². The molecule has 0 amide bonds. The van der Waals surface area contributed by atoms with E-state index in [9.17, 15) is 15.3 Å². The number of allylic oxidation sites excluding steroid dienone is 2. The van der Waals surface area contributed by atoms with Gasteiger partial charge in [0.15, 0.2) is 0 Å². The maximum Gasteiger partial charge on any atom is 0.111 e. The molecular formula is C21H40O5. The maximum absolute atomic E-state index is 9.80. The molecule has 1 rings (SSSR count). The largest absolute Gasteiger partial charge is 0.388 e. The second-order valence-corrected chi connectivity index (χ2v) is 7.37. The zero-order valence-electron chi connectivity index (χ0n) is 16.5. The van der Waals surface area contributed by atoms with Crippen molar-refractivity contribution in [3.8, 4) is 0 Å². The average Bonchev–Trinajstić information content (AvgIpc) is 2.64. The first-order chi connectivity index (χ1) is 12.7. The summed E-state index contributed by atoms with van der Waals surface area (Å²) in [6, 6.07) is 0. The molecule has 26 heavy (non-hydrogen) atoms. The zero-order valence-corrected chi connectivity index (χ0v) is 16.5. The lowest BCUT2D eigenvalue weighted by molar-refractivity contribution is -0.199. The summed E-state index contributed by atoms with van der Waals surface area (Å²) in [6.45, 7) is 3.18. The van der Waals surface area contributed by atoms with Gasteiger partial charge >= 0.3 is 0 Å². The summed E-state index contributed by atoms with van der Waals surface area (Å²) in [7, 11) is 0. The third-order valence-corrected chi connectivity index (χ3v) is 4.94. The first-order valence-electron chi connectivity index (χ1n) is 10.5. The van der Waals surface area contributed by atoms with Crippen LogP contribution in [0.4, 0.5) is 0 Å². The van der Waals surface area contributed by atoms with Crippen LogP contribution >= 0.6 is 0 Å². The van der Waals surface area contributed by atoms with E-state index in [1.807, 2.05) is 0 Å². The van der Waals surface area contributed by atoms with Crippen molar-refractivity contribution in [1.82, 2.24) is 0 Å². The van der Waals surface area contributed by atoms with Gasteiger partial charge in [-0.25, -0.2) is 0 Å². The van der Waals surface area contributed by atoms with Crippen molar-refractivity contribution in [3.63, 3.8) is 0 Å². The van der Waals surface area contributed by atoms with Crippen molar-refractivity contribution in [1.29, 1.82) is 0 Å². The van der Waals surface area contributed by atoms with E-state index in [0.29, 0.717) is 6.61 Å². The number of rotatable bonds is 15. The van der Waals surface area contributed by atoms with Gasteiger partial charge in [0.1, 0.15) is 24.4 Å². The molecule has 0 aromatic heterocycles. The fraction of sp³-hybridized carbons (Fsp3) is 0.905. The second kappa shape index (κ2) is 15.6. The molecule has 1 heterocycles. The molecule has 1 aliphatic heterocycles. The molecule has 0 radical (unpaired) electrons. The van der Waals surface area contributed by atoms with Gasteiger partial charge in [-0.15, -0.1) is 0 Å². The van der Waals surface area contributed by atoms with Crippen molar-refractivity contribution in [3.05, 3.63) is 12.2 Å². The SMILES string of the molecule is CCCCC/C=C/CCCCCCCCOC[C@@H]1OC[C@@H](O)[C@H](O)[C@H]1O. The Kier molecular flexibility index (Phi) is 14.1. The lowest BCUT2D eigenvalue weighted by Gasteiger charge is -2.35. The molecule has 0 spiro atoms. The van der Waals surface area contributed by atoms with E-state index >= 15 is 0 Å². The number of hydrogen-bond donors (Lipinski definition) is 3. The third-order valence-electron chi connectivity index (χ3n) is 4.94. The van der Waals surface area contributed by atoms with Crippen LogP contribution in [0.5, 0.6) is 0 Å². The Hall–Kier alpha value is -0.460. The van der Waals surface area contributed by atoms with E-state index in [2.05, 4.69) is 19.1 Å². The molecule has 5 nitrogen and oxygen atoms in total. The molecule has 1 fully saturated rings. The predicted octanol–water partition coefficient (Wildman–Crippen LogP) is 3.35. The molecule has 0 aromatic rings. The summed E-state index contributed by atoms with van der Waals surface area (Å²) < 4.78 is 10.8. The Labute approximate surface area is 159 Å². The number of unbranched alkanes of at least 4 members (excludes halogenated alkanes) is 9. The quantitative estimate of drug-likeness (QED) is 0.303. The van der Waals surface area contributed by atoms with Gasteiger partial charge in [0, 0.05) is 6.61 Å². The fourth-order valence-corrected chi connectivity index (χ4v) is 3.13. The predicted molar refractivity (Wildman–Crippen MR) is 104 cm³/mol. The number of aliphatic hydroxyl groups is 3. The Morgan fingerprint density at radius 3 is 2.15 bits per heavy atom. The number of ether oxygens (including phenoxy) is 2. The smallest absolute Gasteiger partial charge is 0.111 e. The first kappa shape index (κ1) is 23.6. The Morgan fingerprint density at radius 1 is 0.846 bits per heavy atom. The lowest BCUT2D eigenvalue weighted by atomic mass is 10.0. The molecule has 0 aromatic carbocycles. The highest BCUT2D eigenvalue weighted by molar-refractivity contribution is 4.86. The molecule has 0 aliphatic carbocycles.